The zero-order chi connectivity index (χ0) is 30.6. The molecule has 0 saturated heterocycles. The third kappa shape index (κ3) is 9.34. The van der Waals surface area contributed by atoms with Crippen LogP contribution in [-0.2, 0) is 36.8 Å². The number of carboxylic acids is 1. The van der Waals surface area contributed by atoms with E-state index in [2.05, 4.69) is 30.9 Å². The molecule has 15 heteroatoms. The average Bonchev–Trinajstić information content (AvgIpc) is 3.62. The number of hydrogen-bond donors (Lipinski definition) is 8. The molecule has 3 rings (SSSR count). The molecule has 0 spiro atoms. The Morgan fingerprint density at radius 1 is 0.952 bits per heavy atom. The van der Waals surface area contributed by atoms with Crippen molar-refractivity contribution in [3.05, 3.63) is 54.2 Å². The number of para-hydroxylation sites is 1. The first-order chi connectivity index (χ1) is 20.1. The monoisotopic (exact) mass is 600 g/mol. The van der Waals surface area contributed by atoms with Gasteiger partial charge in [-0.2, -0.15) is 11.8 Å². The van der Waals surface area contributed by atoms with Crippen molar-refractivity contribution >= 4 is 52.3 Å². The maximum Gasteiger partial charge on any atom is 0.326 e. The van der Waals surface area contributed by atoms with Gasteiger partial charge in [-0.05, 0) is 36.5 Å². The number of aliphatic carboxylic acids is 1. The number of thioether (sulfide) groups is 1. The Hall–Kier alpha value is -4.37. The number of carboxylic acid groups (broad SMARTS) is 1. The van der Waals surface area contributed by atoms with E-state index >= 15 is 0 Å². The molecule has 0 aliphatic rings. The number of imidazole rings is 1. The maximum absolute atomic E-state index is 13.6. The number of H-pyrrole nitrogens is 2. The topological polar surface area (TPSA) is 238 Å². The number of primary amides is 1. The van der Waals surface area contributed by atoms with Gasteiger partial charge in [0.05, 0.1) is 12.4 Å². The molecule has 42 heavy (non-hydrogen) atoms. The molecule has 3 aromatic rings. The number of hydrogen-bond acceptors (Lipinski definition) is 8. The number of nitrogens with zero attached hydrogens (tertiary/aromatic N) is 1. The number of benzene rings is 1. The third-order valence-corrected chi connectivity index (χ3v) is 7.25. The van der Waals surface area contributed by atoms with Crippen LogP contribution in [0.5, 0.6) is 0 Å². The third-order valence-electron chi connectivity index (χ3n) is 6.61. The number of fused-ring (bicyclic) bond motifs is 1. The van der Waals surface area contributed by atoms with Crippen molar-refractivity contribution < 1.29 is 29.1 Å². The first-order valence-electron chi connectivity index (χ1n) is 13.3. The summed E-state index contributed by atoms with van der Waals surface area (Å²) in [5.74, 6) is -3.37. The van der Waals surface area contributed by atoms with Gasteiger partial charge in [-0.3, -0.25) is 19.2 Å². The zero-order valence-electron chi connectivity index (χ0n) is 23.1. The molecule has 0 fully saturated rings. The summed E-state index contributed by atoms with van der Waals surface area (Å²) in [6.07, 6.45) is 6.55. The predicted octanol–water partition coefficient (Wildman–Crippen LogP) is -0.439. The molecule has 0 aliphatic carbocycles. The van der Waals surface area contributed by atoms with Crippen molar-refractivity contribution in [2.24, 2.45) is 11.5 Å². The second-order valence-corrected chi connectivity index (χ2v) is 10.7. The normalized spacial score (nSPS) is 14.0. The molecule has 4 unspecified atom stereocenters. The fourth-order valence-corrected chi connectivity index (χ4v) is 4.77. The number of carbonyl (C=O) groups is 5. The molecule has 14 nitrogen and oxygen atoms in total. The molecule has 0 saturated carbocycles. The second-order valence-electron chi connectivity index (χ2n) is 9.76. The first-order valence-corrected chi connectivity index (χ1v) is 14.7. The molecule has 0 bridgehead atoms. The molecule has 10 N–H and O–H groups in total. The summed E-state index contributed by atoms with van der Waals surface area (Å²) < 4.78 is 0. The minimum Gasteiger partial charge on any atom is -0.480 e. The van der Waals surface area contributed by atoms with Crippen molar-refractivity contribution in [1.82, 2.24) is 30.9 Å². The van der Waals surface area contributed by atoms with E-state index in [-0.39, 0.29) is 32.1 Å². The van der Waals surface area contributed by atoms with Crippen LogP contribution in [0.15, 0.2) is 43.0 Å². The maximum atomic E-state index is 13.6. The van der Waals surface area contributed by atoms with E-state index in [1.54, 1.807) is 6.20 Å². The van der Waals surface area contributed by atoms with Crippen LogP contribution in [-0.4, -0.2) is 85.8 Å². The minimum atomic E-state index is -1.19. The molecule has 0 radical (unpaired) electrons. The molecule has 226 valence electrons. The van der Waals surface area contributed by atoms with Gasteiger partial charge in [-0.25, -0.2) is 9.78 Å². The molecule has 2 heterocycles. The lowest BCUT2D eigenvalue weighted by atomic mass is 10.0. The Labute approximate surface area is 246 Å². The second kappa shape index (κ2) is 15.6. The van der Waals surface area contributed by atoms with Gasteiger partial charge in [-0.15, -0.1) is 0 Å². The number of nitrogens with one attached hydrogen (secondary N) is 5. The molecule has 2 aromatic heterocycles. The highest BCUT2D eigenvalue weighted by atomic mass is 32.2. The smallest absolute Gasteiger partial charge is 0.326 e. The summed E-state index contributed by atoms with van der Waals surface area (Å²) in [6.45, 7) is 0. The Bertz CT molecular complexity index is 1380. The predicted molar refractivity (Wildman–Crippen MR) is 157 cm³/mol. The van der Waals surface area contributed by atoms with Gasteiger partial charge >= 0.3 is 5.97 Å². The Morgan fingerprint density at radius 2 is 1.62 bits per heavy atom. The van der Waals surface area contributed by atoms with E-state index in [4.69, 9.17) is 11.5 Å². The van der Waals surface area contributed by atoms with E-state index in [0.717, 1.165) is 16.5 Å². The van der Waals surface area contributed by atoms with E-state index in [1.165, 1.54) is 24.3 Å². The van der Waals surface area contributed by atoms with Gasteiger partial charge in [0.25, 0.3) is 0 Å². The van der Waals surface area contributed by atoms with Crippen LogP contribution in [0.3, 0.4) is 0 Å². The van der Waals surface area contributed by atoms with E-state index < -0.39 is 53.8 Å². The standard InChI is InChI=1S/C27H36N8O6S/c1-42-9-8-20(27(40)41)33-25(38)21(10-15-12-31-19-5-3-2-4-17(15)19)35-26(39)22(11-16-13-30-14-32-16)34-24(37)18(28)6-7-23(29)36/h2-5,12-14,18,20-22,31H,6-11,28H2,1H3,(H2,29,36)(H,30,32)(H,33,38)(H,34,37)(H,35,39)(H,40,41). The van der Waals surface area contributed by atoms with Crippen molar-refractivity contribution in [2.75, 3.05) is 12.0 Å². The summed E-state index contributed by atoms with van der Waals surface area (Å²) in [5.41, 5.74) is 13.1. The van der Waals surface area contributed by atoms with Crippen LogP contribution < -0.4 is 27.4 Å². The first kappa shape index (κ1) is 32.1. The zero-order valence-corrected chi connectivity index (χ0v) is 23.9. The minimum absolute atomic E-state index is 0.00693. The van der Waals surface area contributed by atoms with Gasteiger partial charge in [0.15, 0.2) is 0 Å². The number of amides is 4. The van der Waals surface area contributed by atoms with Crippen LogP contribution in [0.4, 0.5) is 0 Å². The van der Waals surface area contributed by atoms with Crippen molar-refractivity contribution in [3.8, 4) is 0 Å². The number of nitrogens with two attached hydrogens (primary N) is 2. The molecule has 1 aromatic carbocycles. The van der Waals surface area contributed by atoms with E-state index in [9.17, 15) is 29.1 Å². The van der Waals surface area contributed by atoms with Crippen LogP contribution in [0.2, 0.25) is 0 Å². The quantitative estimate of drug-likeness (QED) is 0.100. The van der Waals surface area contributed by atoms with Gasteiger partial charge in [0.2, 0.25) is 23.6 Å². The molecule has 4 atom stereocenters. The van der Waals surface area contributed by atoms with Crippen molar-refractivity contribution in [1.29, 1.82) is 0 Å². The molecule has 0 aliphatic heterocycles. The van der Waals surface area contributed by atoms with Crippen molar-refractivity contribution in [3.63, 3.8) is 0 Å². The SMILES string of the molecule is CSCCC(NC(=O)C(Cc1c[nH]c2ccccc12)NC(=O)C(Cc1cnc[nH]1)NC(=O)C(N)CCC(N)=O)C(=O)O. The molecular formula is C27H36N8O6S. The van der Waals surface area contributed by atoms with E-state index in [1.807, 2.05) is 30.5 Å². The Kier molecular flexibility index (Phi) is 11.9. The number of aromatic nitrogens is 3. The summed E-state index contributed by atoms with van der Waals surface area (Å²) in [7, 11) is 0. The highest BCUT2D eigenvalue weighted by molar-refractivity contribution is 7.98. The van der Waals surface area contributed by atoms with Crippen LogP contribution >= 0.6 is 11.8 Å². The molecular weight excluding hydrogens is 564 g/mol. The van der Waals surface area contributed by atoms with Crippen LogP contribution in [0.1, 0.15) is 30.5 Å². The largest absolute Gasteiger partial charge is 0.480 e. The lowest BCUT2D eigenvalue weighted by Crippen LogP contribution is -2.58. The summed E-state index contributed by atoms with van der Waals surface area (Å²) in [6, 6.07) is 2.81. The number of carbonyl (C=O) groups excluding carboxylic acids is 4. The van der Waals surface area contributed by atoms with Gasteiger partial charge in [0.1, 0.15) is 18.1 Å². The summed E-state index contributed by atoms with van der Waals surface area (Å²) in [4.78, 5) is 72.8. The van der Waals surface area contributed by atoms with E-state index in [0.29, 0.717) is 11.4 Å². The summed E-state index contributed by atoms with van der Waals surface area (Å²) in [5, 5.41) is 18.3. The Balaban J connectivity index is 1.85. The van der Waals surface area contributed by atoms with Gasteiger partial charge < -0.3 is 42.5 Å². The van der Waals surface area contributed by atoms with Crippen molar-refractivity contribution in [2.45, 2.75) is 56.3 Å². The van der Waals surface area contributed by atoms with Crippen LogP contribution in [0, 0.1) is 0 Å². The fraction of sp³-hybridized carbons (Fsp3) is 0.407. The average molecular weight is 601 g/mol. The van der Waals surface area contributed by atoms with Crippen LogP contribution in [0.25, 0.3) is 10.9 Å². The lowest BCUT2D eigenvalue weighted by Gasteiger charge is -2.25. The number of aromatic amines is 2. The highest BCUT2D eigenvalue weighted by Crippen LogP contribution is 2.19. The molecule has 4 amide bonds. The van der Waals surface area contributed by atoms with Gasteiger partial charge in [0, 0.05) is 48.3 Å². The Morgan fingerprint density at radius 3 is 2.26 bits per heavy atom. The summed E-state index contributed by atoms with van der Waals surface area (Å²) >= 11 is 1.44. The number of rotatable bonds is 17. The highest BCUT2D eigenvalue weighted by Gasteiger charge is 2.31. The fourth-order valence-electron chi connectivity index (χ4n) is 4.30. The van der Waals surface area contributed by atoms with Gasteiger partial charge in [-0.1, -0.05) is 18.2 Å². The lowest BCUT2D eigenvalue weighted by molar-refractivity contribution is -0.142.